The summed E-state index contributed by atoms with van der Waals surface area (Å²) in [6.45, 7) is 5.89. The number of ether oxygens (including phenoxy) is 1. The molecule has 4 N–H and O–H groups in total. The summed E-state index contributed by atoms with van der Waals surface area (Å²) in [4.78, 5) is 34.0. The summed E-state index contributed by atoms with van der Waals surface area (Å²) in [6, 6.07) is 11.3. The zero-order chi connectivity index (χ0) is 31.3. The van der Waals surface area contributed by atoms with Crippen LogP contribution < -0.4 is 21.3 Å². The molecule has 0 unspecified atom stereocenters. The minimum atomic E-state index is -0.635. The van der Waals surface area contributed by atoms with Crippen LogP contribution in [0.3, 0.4) is 0 Å². The first-order chi connectivity index (χ1) is 21.9. The van der Waals surface area contributed by atoms with Crippen molar-refractivity contribution in [3.8, 4) is 0 Å². The van der Waals surface area contributed by atoms with E-state index in [4.69, 9.17) is 4.74 Å². The van der Waals surface area contributed by atoms with Gasteiger partial charge in [-0.25, -0.2) is 18.7 Å². The Morgan fingerprint density at radius 3 is 2.49 bits per heavy atom. The van der Waals surface area contributed by atoms with Gasteiger partial charge in [-0.1, -0.05) is 43.0 Å². The minimum absolute atomic E-state index is 0.0209. The molecule has 2 fully saturated rings. The van der Waals surface area contributed by atoms with Gasteiger partial charge in [0.05, 0.1) is 23.8 Å². The van der Waals surface area contributed by atoms with Crippen molar-refractivity contribution in [2.75, 3.05) is 16.0 Å². The number of pyridine rings is 1. The van der Waals surface area contributed by atoms with E-state index >= 15 is 0 Å². The number of amides is 2. The third kappa shape index (κ3) is 7.11. The predicted molar refractivity (Wildman–Crippen MR) is 171 cm³/mol. The second-order valence-electron chi connectivity index (χ2n) is 11.3. The zero-order valence-corrected chi connectivity index (χ0v) is 24.9. The Hall–Kier alpha value is -5.26. The number of alkyl carbamates (subject to hydrolysis) is 1. The monoisotopic (exact) mass is 610 g/mol. The molecule has 0 radical (unpaired) electrons. The van der Waals surface area contributed by atoms with Crippen LogP contribution in [0.5, 0.6) is 0 Å². The second kappa shape index (κ2) is 13.2. The number of hydrogen-bond acceptors (Lipinski definition) is 8. The van der Waals surface area contributed by atoms with E-state index in [9.17, 15) is 14.0 Å². The topological polar surface area (TPSA) is 135 Å². The van der Waals surface area contributed by atoms with Gasteiger partial charge in [0.15, 0.2) is 17.2 Å². The average Bonchev–Trinajstić information content (AvgIpc) is 3.74. The molecule has 0 bridgehead atoms. The quantitative estimate of drug-likeness (QED) is 0.155. The first kappa shape index (κ1) is 29.8. The Balaban J connectivity index is 1.09. The fourth-order valence-corrected chi connectivity index (χ4v) is 5.44. The highest BCUT2D eigenvalue weighted by atomic mass is 19.1. The molecule has 232 valence electrons. The van der Waals surface area contributed by atoms with Crippen LogP contribution in [0, 0.1) is 5.82 Å². The zero-order valence-electron chi connectivity index (χ0n) is 24.9. The number of anilines is 3. The van der Waals surface area contributed by atoms with Gasteiger partial charge in [-0.05, 0) is 57.1 Å². The summed E-state index contributed by atoms with van der Waals surface area (Å²) in [5.74, 6) is -0.294. The number of rotatable bonds is 10. The molecular formula is C33H35FN8O3. The number of halogens is 1. The maximum absolute atomic E-state index is 14.1. The Kier molecular flexibility index (Phi) is 8.72. The van der Waals surface area contributed by atoms with Crippen molar-refractivity contribution in [3.63, 3.8) is 0 Å². The number of benzene rings is 1. The Morgan fingerprint density at radius 2 is 1.73 bits per heavy atom. The van der Waals surface area contributed by atoms with Crippen molar-refractivity contribution in [2.24, 2.45) is 0 Å². The molecule has 3 aromatic heterocycles. The van der Waals surface area contributed by atoms with Crippen LogP contribution in [0.2, 0.25) is 0 Å². The summed E-state index contributed by atoms with van der Waals surface area (Å²) in [7, 11) is 0. The van der Waals surface area contributed by atoms with Gasteiger partial charge in [0, 0.05) is 36.0 Å². The predicted octanol–water partition coefficient (Wildman–Crippen LogP) is 6.24. The third-order valence-corrected chi connectivity index (χ3v) is 7.88. The summed E-state index contributed by atoms with van der Waals surface area (Å²) >= 11 is 0. The van der Waals surface area contributed by atoms with Gasteiger partial charge >= 0.3 is 6.09 Å². The molecule has 2 aliphatic carbocycles. The van der Waals surface area contributed by atoms with E-state index in [1.165, 1.54) is 23.0 Å². The van der Waals surface area contributed by atoms with Crippen molar-refractivity contribution in [3.05, 3.63) is 90.3 Å². The van der Waals surface area contributed by atoms with Crippen molar-refractivity contribution in [1.29, 1.82) is 0 Å². The number of aromatic nitrogens is 4. The van der Waals surface area contributed by atoms with E-state index in [1.807, 2.05) is 49.4 Å². The standard InChI is InChI=1S/C33H35FN8O3/c1-3-6-21-7-4-5-8-25(21)20(2)45-33(44)39-24-13-11-23(12-14-24)38-30-17-28(37-22-9-10-22)31-36-19-29(42(31)41-30)32(43)40-27-15-16-35-18-26(27)34/h3-8,15-19,22-24,37H,2,9-14H2,1H3,(H,38,41)(H,39,44)(H,35,40,43)/b6-3-. The first-order valence-corrected chi connectivity index (χ1v) is 15.1. The van der Waals surface area contributed by atoms with Gasteiger partial charge < -0.3 is 26.0 Å². The van der Waals surface area contributed by atoms with Crippen LogP contribution in [0.25, 0.3) is 17.5 Å². The molecule has 2 saturated carbocycles. The number of carbonyl (C=O) groups is 2. The van der Waals surface area contributed by atoms with Crippen molar-refractivity contribution >= 4 is 46.7 Å². The Labute approximate surface area is 260 Å². The number of carbonyl (C=O) groups excluding carboxylic acids is 2. The van der Waals surface area contributed by atoms with Gasteiger partial charge in [-0.2, -0.15) is 0 Å². The number of imidazole rings is 1. The molecule has 11 nitrogen and oxygen atoms in total. The number of allylic oxidation sites excluding steroid dienone is 1. The molecular weight excluding hydrogens is 575 g/mol. The fourth-order valence-electron chi connectivity index (χ4n) is 5.44. The number of nitrogens with one attached hydrogen (secondary N) is 4. The maximum Gasteiger partial charge on any atom is 0.412 e. The summed E-state index contributed by atoms with van der Waals surface area (Å²) in [5, 5.41) is 17.2. The van der Waals surface area contributed by atoms with Gasteiger partial charge in [-0.3, -0.25) is 9.78 Å². The summed E-state index contributed by atoms with van der Waals surface area (Å²) < 4.78 is 21.1. The van der Waals surface area contributed by atoms with E-state index in [2.05, 4.69) is 42.9 Å². The van der Waals surface area contributed by atoms with E-state index in [-0.39, 0.29) is 23.5 Å². The van der Waals surface area contributed by atoms with Crippen LogP contribution >= 0.6 is 0 Å². The lowest BCUT2D eigenvalue weighted by molar-refractivity contribution is 0.101. The second-order valence-corrected chi connectivity index (χ2v) is 11.3. The van der Waals surface area contributed by atoms with Crippen molar-refractivity contribution in [1.82, 2.24) is 24.9 Å². The first-order valence-electron chi connectivity index (χ1n) is 15.1. The molecule has 0 aliphatic heterocycles. The molecule has 3 heterocycles. The normalized spacial score (nSPS) is 18.0. The van der Waals surface area contributed by atoms with Gasteiger partial charge in [0.2, 0.25) is 0 Å². The maximum atomic E-state index is 14.1. The minimum Gasteiger partial charge on any atom is -0.410 e. The summed E-state index contributed by atoms with van der Waals surface area (Å²) in [5.41, 5.74) is 3.16. The van der Waals surface area contributed by atoms with E-state index < -0.39 is 17.8 Å². The van der Waals surface area contributed by atoms with Crippen LogP contribution in [0.4, 0.5) is 26.4 Å². The molecule has 1 aromatic carbocycles. The van der Waals surface area contributed by atoms with Crippen molar-refractivity contribution in [2.45, 2.75) is 63.6 Å². The van der Waals surface area contributed by atoms with Crippen LogP contribution in [0.1, 0.15) is 67.1 Å². The highest BCUT2D eigenvalue weighted by Crippen LogP contribution is 2.30. The lowest BCUT2D eigenvalue weighted by Crippen LogP contribution is -2.40. The smallest absolute Gasteiger partial charge is 0.410 e. The molecule has 2 aliphatic rings. The van der Waals surface area contributed by atoms with E-state index in [0.717, 1.165) is 61.5 Å². The lowest BCUT2D eigenvalue weighted by Gasteiger charge is -2.30. The Bertz CT molecular complexity index is 1760. The largest absolute Gasteiger partial charge is 0.412 e. The molecule has 12 heteroatoms. The van der Waals surface area contributed by atoms with Crippen LogP contribution in [0.15, 0.2) is 67.6 Å². The highest BCUT2D eigenvalue weighted by molar-refractivity contribution is 6.03. The van der Waals surface area contributed by atoms with Crippen molar-refractivity contribution < 1.29 is 18.7 Å². The highest BCUT2D eigenvalue weighted by Gasteiger charge is 2.27. The molecule has 6 rings (SSSR count). The number of nitrogens with zero attached hydrogens (tertiary/aromatic N) is 4. The average molecular weight is 611 g/mol. The van der Waals surface area contributed by atoms with Gasteiger partial charge in [0.1, 0.15) is 11.6 Å². The molecule has 0 atom stereocenters. The van der Waals surface area contributed by atoms with Crippen LogP contribution in [-0.4, -0.2) is 49.7 Å². The van der Waals surface area contributed by atoms with Gasteiger partial charge in [0.25, 0.3) is 5.91 Å². The molecule has 0 spiro atoms. The number of hydrogen-bond donors (Lipinski definition) is 4. The lowest BCUT2D eigenvalue weighted by atomic mass is 9.91. The molecule has 45 heavy (non-hydrogen) atoms. The fraction of sp³-hybridized carbons (Fsp3) is 0.303. The van der Waals surface area contributed by atoms with E-state index in [0.29, 0.717) is 23.3 Å². The van der Waals surface area contributed by atoms with Gasteiger partial charge in [-0.15, -0.1) is 5.10 Å². The molecule has 0 saturated heterocycles. The molecule has 4 aromatic rings. The summed E-state index contributed by atoms with van der Waals surface area (Å²) in [6.07, 6.45) is 12.4. The third-order valence-electron chi connectivity index (χ3n) is 7.88. The van der Waals surface area contributed by atoms with Crippen LogP contribution in [-0.2, 0) is 4.74 Å². The molecule has 2 amide bonds. The number of fused-ring (bicyclic) bond motifs is 1. The van der Waals surface area contributed by atoms with E-state index in [1.54, 1.807) is 0 Å². The Morgan fingerprint density at radius 1 is 1.00 bits per heavy atom. The SMILES string of the molecule is C=C(OC(=O)NC1CCC(Nc2cc(NC3CC3)c3ncc(C(=O)Nc4ccncc4F)n3n2)CC1)c1ccccc1/C=C\C.